The molecule has 34 heavy (non-hydrogen) atoms. The SMILES string of the molecule is CCCCn1nc(C)c(NC(=O)c2cccc(NC(=O)c3sc4cc(C)ccc4c3Cl)c2)c1C. The molecule has 4 rings (SSSR count). The molecule has 2 aromatic carbocycles. The average molecular weight is 495 g/mol. The minimum atomic E-state index is -0.301. The highest BCUT2D eigenvalue weighted by molar-refractivity contribution is 7.21. The number of unbranched alkanes of at least 4 members (excludes halogenated alkanes) is 1. The normalized spacial score (nSPS) is 11.1. The van der Waals surface area contributed by atoms with Crippen LogP contribution in [0.3, 0.4) is 0 Å². The summed E-state index contributed by atoms with van der Waals surface area (Å²) < 4.78 is 2.90. The van der Waals surface area contributed by atoms with Crippen molar-refractivity contribution in [1.29, 1.82) is 0 Å². The summed E-state index contributed by atoms with van der Waals surface area (Å²) in [5, 5.41) is 11.7. The van der Waals surface area contributed by atoms with Crippen molar-refractivity contribution in [2.24, 2.45) is 0 Å². The van der Waals surface area contributed by atoms with Crippen molar-refractivity contribution in [2.45, 2.75) is 47.1 Å². The molecule has 176 valence electrons. The van der Waals surface area contributed by atoms with Crippen LogP contribution >= 0.6 is 22.9 Å². The van der Waals surface area contributed by atoms with Crippen LogP contribution in [0.5, 0.6) is 0 Å². The molecule has 0 aliphatic heterocycles. The largest absolute Gasteiger partial charge is 0.321 e. The Hall–Kier alpha value is -3.16. The van der Waals surface area contributed by atoms with E-state index in [1.165, 1.54) is 11.3 Å². The summed E-state index contributed by atoms with van der Waals surface area (Å²) in [6.07, 6.45) is 2.10. The number of nitrogens with one attached hydrogen (secondary N) is 2. The van der Waals surface area contributed by atoms with Gasteiger partial charge in [-0.1, -0.05) is 43.1 Å². The zero-order chi connectivity index (χ0) is 24.4. The molecule has 2 heterocycles. The number of thiophene rings is 1. The molecule has 4 aromatic rings. The summed E-state index contributed by atoms with van der Waals surface area (Å²) >= 11 is 7.84. The number of rotatable bonds is 7. The number of anilines is 2. The zero-order valence-electron chi connectivity index (χ0n) is 19.7. The molecular formula is C26H27ClN4O2S. The van der Waals surface area contributed by atoms with E-state index in [1.54, 1.807) is 24.3 Å². The number of aryl methyl sites for hydroxylation is 3. The van der Waals surface area contributed by atoms with Crippen LogP contribution in [-0.4, -0.2) is 21.6 Å². The van der Waals surface area contributed by atoms with Gasteiger partial charge in [-0.2, -0.15) is 5.10 Å². The fourth-order valence-electron chi connectivity index (χ4n) is 3.83. The van der Waals surface area contributed by atoms with E-state index < -0.39 is 0 Å². The van der Waals surface area contributed by atoms with Gasteiger partial charge in [-0.25, -0.2) is 0 Å². The summed E-state index contributed by atoms with van der Waals surface area (Å²) in [4.78, 5) is 26.4. The molecule has 0 fully saturated rings. The Morgan fingerprint density at radius 1 is 1.06 bits per heavy atom. The smallest absolute Gasteiger partial charge is 0.267 e. The standard InChI is InChI=1S/C26H27ClN4O2S/c1-5-6-12-31-17(4)23(16(3)30-31)29-25(32)18-8-7-9-19(14-18)28-26(33)24-22(27)20-11-10-15(2)13-21(20)34-24/h7-11,13-14H,5-6,12H2,1-4H3,(H,28,33)(H,29,32). The van der Waals surface area contributed by atoms with Gasteiger partial charge in [-0.3, -0.25) is 14.3 Å². The second-order valence-corrected chi connectivity index (χ2v) is 9.79. The predicted molar refractivity (Wildman–Crippen MR) is 141 cm³/mol. The van der Waals surface area contributed by atoms with Crippen LogP contribution in [0, 0.1) is 20.8 Å². The van der Waals surface area contributed by atoms with E-state index in [0.29, 0.717) is 21.2 Å². The summed E-state index contributed by atoms with van der Waals surface area (Å²) in [5.74, 6) is -0.557. The monoisotopic (exact) mass is 494 g/mol. The molecular weight excluding hydrogens is 468 g/mol. The van der Waals surface area contributed by atoms with Crippen LogP contribution in [0.15, 0.2) is 42.5 Å². The van der Waals surface area contributed by atoms with E-state index in [2.05, 4.69) is 22.7 Å². The molecule has 2 amide bonds. The van der Waals surface area contributed by atoms with Crippen LogP contribution in [0.25, 0.3) is 10.1 Å². The highest BCUT2D eigenvalue weighted by Gasteiger charge is 2.19. The van der Waals surface area contributed by atoms with Gasteiger partial charge in [0.2, 0.25) is 0 Å². The third kappa shape index (κ3) is 4.86. The molecule has 0 aliphatic carbocycles. The Kier molecular flexibility index (Phi) is 7.05. The van der Waals surface area contributed by atoms with Gasteiger partial charge in [0.25, 0.3) is 11.8 Å². The number of nitrogens with zero attached hydrogens (tertiary/aromatic N) is 2. The minimum absolute atomic E-state index is 0.257. The lowest BCUT2D eigenvalue weighted by atomic mass is 10.1. The first-order valence-electron chi connectivity index (χ1n) is 11.2. The van der Waals surface area contributed by atoms with Crippen LogP contribution in [-0.2, 0) is 6.54 Å². The topological polar surface area (TPSA) is 76.0 Å². The molecule has 8 heteroatoms. The van der Waals surface area contributed by atoms with Gasteiger partial charge in [0.15, 0.2) is 0 Å². The van der Waals surface area contributed by atoms with Gasteiger partial charge >= 0.3 is 0 Å². The van der Waals surface area contributed by atoms with E-state index >= 15 is 0 Å². The van der Waals surface area contributed by atoms with Gasteiger partial charge in [0.1, 0.15) is 4.88 Å². The molecule has 0 radical (unpaired) electrons. The lowest BCUT2D eigenvalue weighted by Gasteiger charge is -2.09. The van der Waals surface area contributed by atoms with Gasteiger partial charge in [0.05, 0.1) is 22.1 Å². The maximum atomic E-state index is 13.0. The fraction of sp³-hybridized carbons (Fsp3) is 0.269. The van der Waals surface area contributed by atoms with Gasteiger partial charge in [-0.05, 0) is 57.0 Å². The Morgan fingerprint density at radius 2 is 1.85 bits per heavy atom. The van der Waals surface area contributed by atoms with Crippen LogP contribution < -0.4 is 10.6 Å². The Balaban J connectivity index is 1.51. The summed E-state index contributed by atoms with van der Waals surface area (Å²) in [6.45, 7) is 8.80. The second kappa shape index (κ2) is 9.99. The maximum Gasteiger partial charge on any atom is 0.267 e. The number of hydrogen-bond acceptors (Lipinski definition) is 4. The Bertz CT molecular complexity index is 1390. The van der Waals surface area contributed by atoms with Crippen molar-refractivity contribution >= 4 is 56.2 Å². The number of carbonyl (C=O) groups is 2. The molecule has 6 nitrogen and oxygen atoms in total. The first-order chi connectivity index (χ1) is 16.3. The van der Waals surface area contributed by atoms with Crippen molar-refractivity contribution in [2.75, 3.05) is 10.6 Å². The van der Waals surface area contributed by atoms with Crippen molar-refractivity contribution in [3.05, 3.63) is 74.9 Å². The van der Waals surface area contributed by atoms with Gasteiger partial charge < -0.3 is 10.6 Å². The van der Waals surface area contributed by atoms with Crippen molar-refractivity contribution in [1.82, 2.24) is 9.78 Å². The lowest BCUT2D eigenvalue weighted by molar-refractivity contribution is 0.101. The van der Waals surface area contributed by atoms with E-state index in [4.69, 9.17) is 11.6 Å². The predicted octanol–water partition coefficient (Wildman–Crippen LogP) is 6.98. The molecule has 0 aliphatic rings. The molecule has 0 saturated heterocycles. The van der Waals surface area contributed by atoms with Crippen LogP contribution in [0.1, 0.15) is 56.7 Å². The van der Waals surface area contributed by atoms with Crippen molar-refractivity contribution < 1.29 is 9.59 Å². The summed E-state index contributed by atoms with van der Waals surface area (Å²) in [6, 6.07) is 12.8. The van der Waals surface area contributed by atoms with E-state index in [1.807, 2.05) is 43.7 Å². The maximum absolute atomic E-state index is 13.0. The third-order valence-corrected chi connectivity index (χ3v) is 7.37. The van der Waals surface area contributed by atoms with E-state index in [-0.39, 0.29) is 11.8 Å². The molecule has 0 bridgehead atoms. The number of aromatic nitrogens is 2. The average Bonchev–Trinajstić information content (AvgIpc) is 3.28. The quantitative estimate of drug-likeness (QED) is 0.291. The molecule has 2 N–H and O–H groups in total. The van der Waals surface area contributed by atoms with Crippen LogP contribution in [0.4, 0.5) is 11.4 Å². The second-order valence-electron chi connectivity index (χ2n) is 8.36. The Morgan fingerprint density at radius 3 is 2.62 bits per heavy atom. The first-order valence-corrected chi connectivity index (χ1v) is 12.4. The lowest BCUT2D eigenvalue weighted by Crippen LogP contribution is -2.15. The number of halogens is 1. The highest BCUT2D eigenvalue weighted by atomic mass is 35.5. The van der Waals surface area contributed by atoms with Crippen molar-refractivity contribution in [3.8, 4) is 0 Å². The van der Waals surface area contributed by atoms with E-state index in [9.17, 15) is 9.59 Å². The van der Waals surface area contributed by atoms with E-state index in [0.717, 1.165) is 52.1 Å². The minimum Gasteiger partial charge on any atom is -0.321 e. The molecule has 0 atom stereocenters. The number of hydrogen-bond donors (Lipinski definition) is 2. The number of carbonyl (C=O) groups excluding carboxylic acids is 2. The summed E-state index contributed by atoms with van der Waals surface area (Å²) in [5.41, 5.74) is 4.50. The molecule has 0 unspecified atom stereocenters. The summed E-state index contributed by atoms with van der Waals surface area (Å²) in [7, 11) is 0. The van der Waals surface area contributed by atoms with Crippen LogP contribution in [0.2, 0.25) is 5.02 Å². The number of fused-ring (bicyclic) bond motifs is 1. The highest BCUT2D eigenvalue weighted by Crippen LogP contribution is 2.36. The van der Waals surface area contributed by atoms with Crippen molar-refractivity contribution in [3.63, 3.8) is 0 Å². The molecule has 0 saturated carbocycles. The van der Waals surface area contributed by atoms with Gasteiger partial charge in [0, 0.05) is 27.9 Å². The zero-order valence-corrected chi connectivity index (χ0v) is 21.2. The third-order valence-electron chi connectivity index (χ3n) is 5.72. The van der Waals surface area contributed by atoms with Gasteiger partial charge in [-0.15, -0.1) is 11.3 Å². The molecule has 0 spiro atoms. The first kappa shape index (κ1) is 24.0. The fourth-order valence-corrected chi connectivity index (χ4v) is 5.34. The Labute approximate surface area is 207 Å². The number of amides is 2. The number of benzene rings is 2. The molecule has 2 aromatic heterocycles.